The highest BCUT2D eigenvalue weighted by atomic mass is 32.2. The third-order valence-corrected chi connectivity index (χ3v) is 5.39. The zero-order chi connectivity index (χ0) is 15.5. The smallest absolute Gasteiger partial charge is 0.411 e. The van der Waals surface area contributed by atoms with Crippen LogP contribution in [-0.4, -0.2) is 33.9 Å². The molecule has 1 aliphatic rings. The van der Waals surface area contributed by atoms with Crippen molar-refractivity contribution in [3.63, 3.8) is 0 Å². The van der Waals surface area contributed by atoms with E-state index in [1.807, 2.05) is 0 Å². The number of nitrogens with one attached hydrogen (secondary N) is 2. The molecule has 6 nitrogen and oxygen atoms in total. The Morgan fingerprint density at radius 2 is 2.24 bits per heavy atom. The summed E-state index contributed by atoms with van der Waals surface area (Å²) in [7, 11) is -2.02. The topological polar surface area (TPSA) is 84.5 Å². The molecule has 2 N–H and O–H groups in total. The van der Waals surface area contributed by atoms with E-state index < -0.39 is 15.9 Å². The van der Waals surface area contributed by atoms with Crippen molar-refractivity contribution >= 4 is 21.6 Å². The third-order valence-electron chi connectivity index (χ3n) is 3.59. The van der Waals surface area contributed by atoms with E-state index in [-0.39, 0.29) is 11.8 Å². The molecule has 116 valence electrons. The first-order valence-electron chi connectivity index (χ1n) is 6.93. The Bertz CT molecular complexity index is 622. The largest absolute Gasteiger partial charge is 0.453 e. The van der Waals surface area contributed by atoms with Gasteiger partial charge in [0.1, 0.15) is 0 Å². The van der Waals surface area contributed by atoms with Gasteiger partial charge < -0.3 is 10.1 Å². The molecule has 2 rings (SSSR count). The van der Waals surface area contributed by atoms with Gasteiger partial charge in [0.2, 0.25) is 0 Å². The van der Waals surface area contributed by atoms with Crippen LogP contribution in [0, 0.1) is 0 Å². The zero-order valence-corrected chi connectivity index (χ0v) is 13.0. The van der Waals surface area contributed by atoms with E-state index in [4.69, 9.17) is 0 Å². The van der Waals surface area contributed by atoms with E-state index in [9.17, 15) is 13.2 Å². The highest BCUT2D eigenvalue weighted by Crippen LogP contribution is 2.31. The van der Waals surface area contributed by atoms with Crippen molar-refractivity contribution in [2.24, 2.45) is 0 Å². The summed E-state index contributed by atoms with van der Waals surface area (Å²) in [4.78, 5) is 11.6. The number of amides is 1. The summed E-state index contributed by atoms with van der Waals surface area (Å²) in [6.07, 6.45) is 1.31. The summed E-state index contributed by atoms with van der Waals surface area (Å²) in [5, 5.41) is 5.86. The van der Waals surface area contributed by atoms with Crippen molar-refractivity contribution in [1.29, 1.82) is 0 Å². The summed E-state index contributed by atoms with van der Waals surface area (Å²) < 4.78 is 29.0. The van der Waals surface area contributed by atoms with E-state index in [0.29, 0.717) is 16.1 Å². The van der Waals surface area contributed by atoms with Crippen molar-refractivity contribution in [2.45, 2.75) is 30.7 Å². The second kappa shape index (κ2) is 6.44. The first kappa shape index (κ1) is 15.8. The molecule has 0 saturated carbocycles. The third kappa shape index (κ3) is 3.54. The number of carbonyl (C=O) groups is 1. The standard InChI is InChI=1S/C14H20N2O4S/c1-3-21(18,19)13-7-6-10(16-14(17)20-2)9-11(13)12-5-4-8-15-12/h6-7,9,12,15H,3-5,8H2,1-2H3,(H,16,17)/t12-/m0/s1. The minimum Gasteiger partial charge on any atom is -0.453 e. The van der Waals surface area contributed by atoms with Crippen LogP contribution in [0.3, 0.4) is 0 Å². The molecule has 1 aromatic rings. The van der Waals surface area contributed by atoms with Gasteiger partial charge >= 0.3 is 6.09 Å². The maximum atomic E-state index is 12.2. The van der Waals surface area contributed by atoms with Crippen LogP contribution < -0.4 is 10.6 Å². The fourth-order valence-corrected chi connectivity index (χ4v) is 3.60. The maximum absolute atomic E-state index is 12.2. The van der Waals surface area contributed by atoms with Crippen molar-refractivity contribution in [3.05, 3.63) is 23.8 Å². The van der Waals surface area contributed by atoms with Crippen LogP contribution in [-0.2, 0) is 14.6 Å². The normalized spacial score (nSPS) is 18.5. The Kier molecular flexibility index (Phi) is 4.84. The average molecular weight is 312 g/mol. The van der Waals surface area contributed by atoms with Crippen molar-refractivity contribution in [3.8, 4) is 0 Å². The van der Waals surface area contributed by atoms with E-state index >= 15 is 0 Å². The molecule has 0 aliphatic carbocycles. The highest BCUT2D eigenvalue weighted by Gasteiger charge is 2.25. The minimum absolute atomic E-state index is 0.000668. The summed E-state index contributed by atoms with van der Waals surface area (Å²) in [6.45, 7) is 2.49. The van der Waals surface area contributed by atoms with E-state index in [0.717, 1.165) is 19.4 Å². The Labute approximate surface area is 124 Å². The first-order chi connectivity index (χ1) is 9.97. The second-order valence-corrected chi connectivity index (χ2v) is 7.17. The van der Waals surface area contributed by atoms with Crippen LogP contribution >= 0.6 is 0 Å². The molecule has 1 amide bonds. The fraction of sp³-hybridized carbons (Fsp3) is 0.500. The Morgan fingerprint density at radius 3 is 2.81 bits per heavy atom. The number of methoxy groups -OCH3 is 1. The van der Waals surface area contributed by atoms with Gasteiger partial charge in [-0.2, -0.15) is 0 Å². The van der Waals surface area contributed by atoms with Crippen LogP contribution in [0.2, 0.25) is 0 Å². The van der Waals surface area contributed by atoms with Gasteiger partial charge in [0.25, 0.3) is 0 Å². The maximum Gasteiger partial charge on any atom is 0.411 e. The predicted molar refractivity (Wildman–Crippen MR) is 80.2 cm³/mol. The highest BCUT2D eigenvalue weighted by molar-refractivity contribution is 7.91. The van der Waals surface area contributed by atoms with Crippen LogP contribution in [0.5, 0.6) is 0 Å². The molecule has 0 bridgehead atoms. The number of sulfone groups is 1. The quantitative estimate of drug-likeness (QED) is 0.889. The Hall–Kier alpha value is -1.60. The van der Waals surface area contributed by atoms with Gasteiger partial charge in [0, 0.05) is 11.7 Å². The van der Waals surface area contributed by atoms with Crippen molar-refractivity contribution in [2.75, 3.05) is 24.7 Å². The number of hydrogen-bond donors (Lipinski definition) is 2. The molecule has 0 aromatic heterocycles. The molecular weight excluding hydrogens is 292 g/mol. The monoisotopic (exact) mass is 312 g/mol. The lowest BCUT2D eigenvalue weighted by atomic mass is 10.0. The molecule has 7 heteroatoms. The minimum atomic E-state index is -3.30. The molecule has 1 aromatic carbocycles. The Balaban J connectivity index is 2.43. The molecule has 1 atom stereocenters. The molecule has 21 heavy (non-hydrogen) atoms. The molecule has 1 fully saturated rings. The zero-order valence-electron chi connectivity index (χ0n) is 12.2. The summed E-state index contributed by atoms with van der Waals surface area (Å²) >= 11 is 0. The van der Waals surface area contributed by atoms with Gasteiger partial charge in [-0.25, -0.2) is 13.2 Å². The van der Waals surface area contributed by atoms with Gasteiger partial charge in [0.15, 0.2) is 9.84 Å². The summed E-state index contributed by atoms with van der Waals surface area (Å²) in [6, 6.07) is 4.85. The number of hydrogen-bond acceptors (Lipinski definition) is 5. The molecule has 1 aliphatic heterocycles. The van der Waals surface area contributed by atoms with E-state index in [1.54, 1.807) is 25.1 Å². The van der Waals surface area contributed by atoms with Crippen LogP contribution in [0.4, 0.5) is 10.5 Å². The van der Waals surface area contributed by atoms with Gasteiger partial charge in [-0.3, -0.25) is 5.32 Å². The molecular formula is C14H20N2O4S. The van der Waals surface area contributed by atoms with Crippen LogP contribution in [0.15, 0.2) is 23.1 Å². The van der Waals surface area contributed by atoms with Crippen molar-refractivity contribution in [1.82, 2.24) is 5.32 Å². The van der Waals surface area contributed by atoms with Gasteiger partial charge in [0.05, 0.1) is 17.8 Å². The number of ether oxygens (including phenoxy) is 1. The molecule has 1 saturated heterocycles. The number of benzene rings is 1. The number of rotatable bonds is 4. The average Bonchev–Trinajstić information content (AvgIpc) is 3.01. The Morgan fingerprint density at radius 1 is 1.48 bits per heavy atom. The van der Waals surface area contributed by atoms with Gasteiger partial charge in [-0.1, -0.05) is 6.92 Å². The summed E-state index contributed by atoms with van der Waals surface area (Å²) in [5.74, 6) is 0.0521. The lowest BCUT2D eigenvalue weighted by Gasteiger charge is -2.17. The SMILES string of the molecule is CCS(=O)(=O)c1ccc(NC(=O)OC)cc1[C@@H]1CCCN1. The van der Waals surface area contributed by atoms with E-state index in [1.165, 1.54) is 7.11 Å². The second-order valence-electron chi connectivity index (χ2n) is 4.92. The number of anilines is 1. The molecule has 1 heterocycles. The molecule has 0 radical (unpaired) electrons. The molecule has 0 unspecified atom stereocenters. The van der Waals surface area contributed by atoms with Crippen LogP contribution in [0.1, 0.15) is 31.4 Å². The first-order valence-corrected chi connectivity index (χ1v) is 8.58. The fourth-order valence-electron chi connectivity index (χ4n) is 2.46. The van der Waals surface area contributed by atoms with Crippen LogP contribution in [0.25, 0.3) is 0 Å². The number of carbonyl (C=O) groups excluding carboxylic acids is 1. The predicted octanol–water partition coefficient (Wildman–Crippen LogP) is 2.08. The van der Waals surface area contributed by atoms with Gasteiger partial charge in [-0.15, -0.1) is 0 Å². The van der Waals surface area contributed by atoms with Gasteiger partial charge in [-0.05, 0) is 43.1 Å². The molecule has 0 spiro atoms. The van der Waals surface area contributed by atoms with E-state index in [2.05, 4.69) is 15.4 Å². The summed E-state index contributed by atoms with van der Waals surface area (Å²) in [5.41, 5.74) is 1.24. The van der Waals surface area contributed by atoms with Crippen molar-refractivity contribution < 1.29 is 17.9 Å². The lowest BCUT2D eigenvalue weighted by Crippen LogP contribution is -2.18. The lowest BCUT2D eigenvalue weighted by molar-refractivity contribution is 0.187.